The van der Waals surface area contributed by atoms with Crippen LogP contribution in [0.5, 0.6) is 0 Å². The fraction of sp³-hybridized carbons (Fsp3) is 0.357. The van der Waals surface area contributed by atoms with E-state index in [9.17, 15) is 14.9 Å². The van der Waals surface area contributed by atoms with Crippen LogP contribution in [0.2, 0.25) is 0 Å². The van der Waals surface area contributed by atoms with Gasteiger partial charge in [-0.2, -0.15) is 5.26 Å². The maximum absolute atomic E-state index is 12.5. The molecule has 0 aliphatic heterocycles. The molecule has 4 nitrogen and oxygen atoms in total. The van der Waals surface area contributed by atoms with E-state index in [1.165, 1.54) is 0 Å². The van der Waals surface area contributed by atoms with E-state index in [2.05, 4.69) is 15.9 Å². The lowest BCUT2D eigenvalue weighted by Gasteiger charge is -2.16. The summed E-state index contributed by atoms with van der Waals surface area (Å²) in [5.41, 5.74) is 0.226. The quantitative estimate of drug-likeness (QED) is 0.620. The van der Waals surface area contributed by atoms with E-state index in [4.69, 9.17) is 4.74 Å². The van der Waals surface area contributed by atoms with Crippen LogP contribution >= 0.6 is 15.9 Å². The Morgan fingerprint density at radius 3 is 2.84 bits per heavy atom. The van der Waals surface area contributed by atoms with Gasteiger partial charge in [0, 0.05) is 16.5 Å². The van der Waals surface area contributed by atoms with Crippen LogP contribution in [-0.2, 0) is 16.0 Å². The Kier molecular flexibility index (Phi) is 3.46. The summed E-state index contributed by atoms with van der Waals surface area (Å²) in [5, 5.41) is 9.33. The fourth-order valence-corrected chi connectivity index (χ4v) is 3.03. The Morgan fingerprint density at radius 1 is 1.58 bits per heavy atom. The van der Waals surface area contributed by atoms with E-state index < -0.39 is 17.2 Å². The van der Waals surface area contributed by atoms with Crippen molar-refractivity contribution in [3.63, 3.8) is 0 Å². The van der Waals surface area contributed by atoms with Crippen molar-refractivity contribution in [1.82, 2.24) is 0 Å². The lowest BCUT2D eigenvalue weighted by molar-refractivity contribution is -0.149. The molecule has 1 unspecified atom stereocenters. The van der Waals surface area contributed by atoms with Crippen molar-refractivity contribution in [1.29, 1.82) is 5.26 Å². The molecule has 1 aromatic carbocycles. The molecule has 98 valence electrons. The van der Waals surface area contributed by atoms with E-state index in [1.807, 2.05) is 6.07 Å². The first-order valence-electron chi connectivity index (χ1n) is 5.88. The van der Waals surface area contributed by atoms with Gasteiger partial charge in [-0.25, -0.2) is 4.79 Å². The molecule has 0 saturated heterocycles. The number of halogens is 1. The minimum Gasteiger partial charge on any atom is -0.464 e. The number of hydrogen-bond acceptors (Lipinski definition) is 4. The lowest BCUT2D eigenvalue weighted by atomic mass is 9.85. The second kappa shape index (κ2) is 4.78. The Morgan fingerprint density at radius 2 is 2.26 bits per heavy atom. The van der Waals surface area contributed by atoms with Gasteiger partial charge in [0.15, 0.2) is 5.78 Å². The molecule has 1 aliphatic carbocycles. The fourth-order valence-electron chi connectivity index (χ4n) is 2.41. The molecule has 0 amide bonds. The second-order valence-corrected chi connectivity index (χ2v) is 5.42. The average Bonchev–Trinajstić information content (AvgIpc) is 2.63. The van der Waals surface area contributed by atoms with Gasteiger partial charge in [0.25, 0.3) is 0 Å². The third-order valence-corrected chi connectivity index (χ3v) is 3.72. The number of nitrogens with zero attached hydrogens (tertiary/aromatic N) is 1. The smallest absolute Gasteiger partial charge is 0.334 e. The highest BCUT2D eigenvalue weighted by molar-refractivity contribution is 9.10. The zero-order valence-electron chi connectivity index (χ0n) is 10.6. The molecule has 0 aromatic heterocycles. The Labute approximate surface area is 119 Å². The molecule has 1 aromatic rings. The van der Waals surface area contributed by atoms with Gasteiger partial charge in [0.2, 0.25) is 5.41 Å². The first kappa shape index (κ1) is 13.8. The van der Waals surface area contributed by atoms with Gasteiger partial charge in [-0.3, -0.25) is 4.79 Å². The van der Waals surface area contributed by atoms with Gasteiger partial charge in [-0.05, 0) is 37.1 Å². The van der Waals surface area contributed by atoms with E-state index in [1.54, 1.807) is 26.0 Å². The molecule has 0 bridgehead atoms. The van der Waals surface area contributed by atoms with Crippen molar-refractivity contribution in [2.75, 3.05) is 6.61 Å². The van der Waals surface area contributed by atoms with E-state index in [-0.39, 0.29) is 13.0 Å². The van der Waals surface area contributed by atoms with Crippen LogP contribution in [-0.4, -0.2) is 18.4 Å². The third kappa shape index (κ3) is 1.96. The summed E-state index contributed by atoms with van der Waals surface area (Å²) in [6, 6.07) is 5.44. The van der Waals surface area contributed by atoms with Crippen molar-refractivity contribution >= 4 is 27.7 Å². The Hall–Kier alpha value is -1.67. The summed E-state index contributed by atoms with van der Waals surface area (Å²) in [5.74, 6) is -1.21. The summed E-state index contributed by atoms with van der Waals surface area (Å²) in [4.78, 5) is 24.5. The topological polar surface area (TPSA) is 67.2 Å². The van der Waals surface area contributed by atoms with Crippen LogP contribution in [0.25, 0.3) is 0 Å². The van der Waals surface area contributed by atoms with Crippen LogP contribution in [0.4, 0.5) is 0 Å². The van der Waals surface area contributed by atoms with Crippen molar-refractivity contribution < 1.29 is 14.3 Å². The van der Waals surface area contributed by atoms with Crippen molar-refractivity contribution in [2.24, 2.45) is 5.41 Å². The van der Waals surface area contributed by atoms with Gasteiger partial charge < -0.3 is 4.74 Å². The first-order chi connectivity index (χ1) is 8.96. The highest BCUT2D eigenvalue weighted by atomic mass is 79.9. The molecule has 5 heteroatoms. The summed E-state index contributed by atoms with van der Waals surface area (Å²) < 4.78 is 5.73. The number of carbonyl (C=O) groups excluding carboxylic acids is 2. The molecule has 2 rings (SSSR count). The van der Waals surface area contributed by atoms with Crippen LogP contribution in [0.1, 0.15) is 28.4 Å². The minimum absolute atomic E-state index is 0.0801. The number of ether oxygens (including phenoxy) is 1. The van der Waals surface area contributed by atoms with Gasteiger partial charge >= 0.3 is 5.97 Å². The first-order valence-corrected chi connectivity index (χ1v) is 6.68. The lowest BCUT2D eigenvalue weighted by Crippen LogP contribution is -2.37. The number of ketones is 1. The molecular formula is C14H12BrNO3. The molecule has 0 heterocycles. The Bertz CT molecular complexity index is 618. The average molecular weight is 322 g/mol. The molecule has 1 atom stereocenters. The van der Waals surface area contributed by atoms with Gasteiger partial charge in [0.05, 0.1) is 12.7 Å². The van der Waals surface area contributed by atoms with E-state index in [0.717, 1.165) is 10.0 Å². The number of esters is 1. The summed E-state index contributed by atoms with van der Waals surface area (Å²) in [6.07, 6.45) is 0.0801. The number of carbonyl (C=O) groups is 2. The van der Waals surface area contributed by atoms with Crippen molar-refractivity contribution in [3.8, 4) is 6.07 Å². The third-order valence-electron chi connectivity index (χ3n) is 3.27. The maximum Gasteiger partial charge on any atom is 0.334 e. The number of benzene rings is 1. The SMILES string of the molecule is CCOC(=O)C1(C#N)Cc2cc(Br)cc(C)c2C1=O. The molecular weight excluding hydrogens is 310 g/mol. The second-order valence-electron chi connectivity index (χ2n) is 4.50. The number of Topliss-reactive ketones (excluding diaryl/α,β-unsaturated/α-hetero) is 1. The normalized spacial score (nSPS) is 20.8. The highest BCUT2D eigenvalue weighted by Gasteiger charge is 2.54. The molecule has 0 spiro atoms. The number of rotatable bonds is 2. The van der Waals surface area contributed by atoms with E-state index >= 15 is 0 Å². The van der Waals surface area contributed by atoms with Crippen LogP contribution < -0.4 is 0 Å². The summed E-state index contributed by atoms with van der Waals surface area (Å²) >= 11 is 3.35. The standard InChI is InChI=1S/C14H12BrNO3/c1-3-19-13(18)14(7-16)6-9-5-10(15)4-8(2)11(9)12(14)17/h4-5H,3,6H2,1-2H3. The summed E-state index contributed by atoms with van der Waals surface area (Å²) in [6.45, 7) is 3.59. The predicted octanol–water partition coefficient (Wildman–Crippen LogP) is 2.57. The molecule has 0 saturated carbocycles. The van der Waals surface area contributed by atoms with Crippen molar-refractivity contribution in [2.45, 2.75) is 20.3 Å². The van der Waals surface area contributed by atoms with Crippen LogP contribution in [0.3, 0.4) is 0 Å². The number of fused-ring (bicyclic) bond motifs is 1. The summed E-state index contributed by atoms with van der Waals surface area (Å²) in [7, 11) is 0. The van der Waals surface area contributed by atoms with Gasteiger partial charge in [-0.1, -0.05) is 15.9 Å². The van der Waals surface area contributed by atoms with E-state index in [0.29, 0.717) is 11.1 Å². The van der Waals surface area contributed by atoms with Gasteiger partial charge in [-0.15, -0.1) is 0 Å². The van der Waals surface area contributed by atoms with Crippen molar-refractivity contribution in [3.05, 3.63) is 33.3 Å². The zero-order chi connectivity index (χ0) is 14.2. The monoisotopic (exact) mass is 321 g/mol. The molecule has 0 N–H and O–H groups in total. The number of aryl methyl sites for hydroxylation is 1. The molecule has 19 heavy (non-hydrogen) atoms. The molecule has 0 fully saturated rings. The van der Waals surface area contributed by atoms with Crippen LogP contribution in [0.15, 0.2) is 16.6 Å². The predicted molar refractivity (Wildman–Crippen MR) is 71.6 cm³/mol. The largest absolute Gasteiger partial charge is 0.464 e. The maximum atomic E-state index is 12.5. The zero-order valence-corrected chi connectivity index (χ0v) is 12.2. The number of hydrogen-bond donors (Lipinski definition) is 0. The Balaban J connectivity index is 2.56. The van der Waals surface area contributed by atoms with Gasteiger partial charge in [0.1, 0.15) is 0 Å². The van der Waals surface area contributed by atoms with Crippen LogP contribution in [0, 0.1) is 23.7 Å². The molecule has 1 aliphatic rings. The highest BCUT2D eigenvalue weighted by Crippen LogP contribution is 2.40. The molecule has 0 radical (unpaired) electrons. The minimum atomic E-state index is -1.72. The number of nitriles is 1.